The van der Waals surface area contributed by atoms with Gasteiger partial charge in [-0.05, 0) is 24.6 Å². The lowest BCUT2D eigenvalue weighted by Gasteiger charge is -2.13. The van der Waals surface area contributed by atoms with Crippen molar-refractivity contribution in [3.8, 4) is 16.9 Å². The topological polar surface area (TPSA) is 85.7 Å². The molecule has 7 heteroatoms. The van der Waals surface area contributed by atoms with Crippen molar-refractivity contribution in [1.29, 1.82) is 0 Å². The fraction of sp³-hybridized carbons (Fsp3) is 0.154. The zero-order valence-electron chi connectivity index (χ0n) is 18.1. The predicted octanol–water partition coefficient (Wildman–Crippen LogP) is 4.48. The molecule has 0 aliphatic carbocycles. The van der Waals surface area contributed by atoms with E-state index in [1.165, 1.54) is 17.3 Å². The second kappa shape index (κ2) is 7.70. The van der Waals surface area contributed by atoms with Crippen LogP contribution in [-0.2, 0) is 17.6 Å². The standard InChI is InChI=1S/C26H21N5O2/c1-2-33-26(32)25-20-12-17-14-28-23(11-16-13-27-21-9-5-3-7-18(16)21)31(17)22-10-6-4-8-19(22)24(20)29-15-30-25/h3-10,13-15,27H,2,11-12H2,1H3. The van der Waals surface area contributed by atoms with Gasteiger partial charge < -0.3 is 9.72 Å². The number of esters is 1. The minimum Gasteiger partial charge on any atom is -0.461 e. The summed E-state index contributed by atoms with van der Waals surface area (Å²) in [5, 5.41) is 1.19. The third kappa shape index (κ3) is 3.12. The molecule has 0 amide bonds. The summed E-state index contributed by atoms with van der Waals surface area (Å²) in [7, 11) is 0. The molecule has 0 fully saturated rings. The molecule has 0 saturated heterocycles. The minimum atomic E-state index is -0.430. The molecule has 4 heterocycles. The van der Waals surface area contributed by atoms with Gasteiger partial charge in [0, 0.05) is 53.0 Å². The second-order valence-electron chi connectivity index (χ2n) is 8.00. The van der Waals surface area contributed by atoms with E-state index in [2.05, 4.69) is 37.7 Å². The number of para-hydroxylation sites is 2. The molecule has 3 aromatic heterocycles. The largest absolute Gasteiger partial charge is 0.461 e. The molecule has 2 aromatic carbocycles. The highest BCUT2D eigenvalue weighted by molar-refractivity contribution is 5.92. The number of hydrogen-bond acceptors (Lipinski definition) is 5. The van der Waals surface area contributed by atoms with E-state index in [9.17, 15) is 4.79 Å². The molecule has 162 valence electrons. The lowest BCUT2D eigenvalue weighted by atomic mass is 10.0. The van der Waals surface area contributed by atoms with Gasteiger partial charge in [0.1, 0.15) is 12.2 Å². The van der Waals surface area contributed by atoms with Gasteiger partial charge in [0.15, 0.2) is 5.69 Å². The van der Waals surface area contributed by atoms with Gasteiger partial charge in [-0.1, -0.05) is 36.4 Å². The van der Waals surface area contributed by atoms with Crippen LogP contribution in [0.3, 0.4) is 0 Å². The Morgan fingerprint density at radius 2 is 1.94 bits per heavy atom. The maximum atomic E-state index is 12.7. The zero-order valence-corrected chi connectivity index (χ0v) is 18.1. The van der Waals surface area contributed by atoms with Gasteiger partial charge in [-0.3, -0.25) is 4.57 Å². The average Bonchev–Trinajstić information content (AvgIpc) is 3.40. The molecular weight excluding hydrogens is 414 g/mol. The van der Waals surface area contributed by atoms with E-state index in [1.54, 1.807) is 6.92 Å². The van der Waals surface area contributed by atoms with Crippen molar-refractivity contribution in [2.75, 3.05) is 6.61 Å². The number of benzene rings is 2. The second-order valence-corrected chi connectivity index (χ2v) is 8.00. The number of nitrogens with zero attached hydrogens (tertiary/aromatic N) is 4. The Bertz CT molecular complexity index is 1510. The van der Waals surface area contributed by atoms with Crippen LogP contribution < -0.4 is 0 Å². The Kier molecular flexibility index (Phi) is 4.54. The Hall–Kier alpha value is -4.26. The summed E-state index contributed by atoms with van der Waals surface area (Å²) in [6.45, 7) is 2.08. The first kappa shape index (κ1) is 19.4. The quantitative estimate of drug-likeness (QED) is 0.413. The van der Waals surface area contributed by atoms with E-state index in [-0.39, 0.29) is 0 Å². The molecule has 6 rings (SSSR count). The molecule has 1 aliphatic rings. The van der Waals surface area contributed by atoms with E-state index < -0.39 is 5.97 Å². The van der Waals surface area contributed by atoms with E-state index in [1.807, 2.05) is 42.7 Å². The SMILES string of the molecule is CCOC(=O)c1ncnc2c1Cc1cnc(Cc3c[nH]c4ccccc34)n1-c1ccccc1-2. The van der Waals surface area contributed by atoms with Crippen molar-refractivity contribution >= 4 is 16.9 Å². The van der Waals surface area contributed by atoms with E-state index >= 15 is 0 Å². The van der Waals surface area contributed by atoms with Crippen LogP contribution in [0, 0.1) is 0 Å². The molecule has 0 bridgehead atoms. The van der Waals surface area contributed by atoms with E-state index in [0.717, 1.165) is 39.5 Å². The summed E-state index contributed by atoms with van der Waals surface area (Å²) >= 11 is 0. The maximum absolute atomic E-state index is 12.7. The third-order valence-electron chi connectivity index (χ3n) is 6.10. The van der Waals surface area contributed by atoms with Crippen LogP contribution in [0.2, 0.25) is 0 Å². The summed E-state index contributed by atoms with van der Waals surface area (Å²) in [4.78, 5) is 29.7. The van der Waals surface area contributed by atoms with Crippen LogP contribution in [0.4, 0.5) is 0 Å². The van der Waals surface area contributed by atoms with Crippen molar-refractivity contribution in [2.45, 2.75) is 19.8 Å². The zero-order chi connectivity index (χ0) is 22.4. The van der Waals surface area contributed by atoms with Gasteiger partial charge in [-0.15, -0.1) is 0 Å². The molecule has 33 heavy (non-hydrogen) atoms. The Labute approximate surface area is 190 Å². The number of H-pyrrole nitrogens is 1. The van der Waals surface area contributed by atoms with E-state index in [4.69, 9.17) is 9.72 Å². The van der Waals surface area contributed by atoms with Gasteiger partial charge in [0.05, 0.1) is 18.0 Å². The third-order valence-corrected chi connectivity index (χ3v) is 6.10. The lowest BCUT2D eigenvalue weighted by molar-refractivity contribution is 0.0518. The van der Waals surface area contributed by atoms with Crippen molar-refractivity contribution < 1.29 is 9.53 Å². The van der Waals surface area contributed by atoms with Crippen molar-refractivity contribution in [3.63, 3.8) is 0 Å². The molecule has 0 spiro atoms. The predicted molar refractivity (Wildman–Crippen MR) is 124 cm³/mol. The van der Waals surface area contributed by atoms with Crippen molar-refractivity contribution in [2.24, 2.45) is 0 Å². The van der Waals surface area contributed by atoms with Crippen molar-refractivity contribution in [3.05, 3.63) is 95.6 Å². The Balaban J connectivity index is 1.52. The number of nitrogens with one attached hydrogen (secondary N) is 1. The molecule has 5 aromatic rings. The number of ether oxygens (including phenoxy) is 1. The summed E-state index contributed by atoms with van der Waals surface area (Å²) in [6.07, 6.45) is 6.53. The number of fused-ring (bicyclic) bond motifs is 6. The normalized spacial score (nSPS) is 12.0. The minimum absolute atomic E-state index is 0.293. The van der Waals surface area contributed by atoms with Crippen LogP contribution >= 0.6 is 0 Å². The number of imidazole rings is 1. The van der Waals surface area contributed by atoms with Crippen LogP contribution in [0.1, 0.15) is 40.1 Å². The number of rotatable bonds is 4. The number of aromatic nitrogens is 5. The van der Waals surface area contributed by atoms with Crippen LogP contribution in [-0.4, -0.2) is 37.1 Å². The van der Waals surface area contributed by atoms with E-state index in [0.29, 0.717) is 25.1 Å². The van der Waals surface area contributed by atoms with Crippen LogP contribution in [0.15, 0.2) is 67.3 Å². The summed E-state index contributed by atoms with van der Waals surface area (Å²) in [5.74, 6) is 0.501. The first-order chi connectivity index (χ1) is 16.2. The van der Waals surface area contributed by atoms with Gasteiger partial charge in [-0.25, -0.2) is 19.7 Å². The lowest BCUT2D eigenvalue weighted by Crippen LogP contribution is -2.12. The maximum Gasteiger partial charge on any atom is 0.357 e. The fourth-order valence-electron chi connectivity index (χ4n) is 4.66. The summed E-state index contributed by atoms with van der Waals surface area (Å²) in [6, 6.07) is 16.4. The highest BCUT2D eigenvalue weighted by Gasteiger charge is 2.27. The number of aromatic amines is 1. The molecule has 0 radical (unpaired) electrons. The molecule has 0 saturated carbocycles. The summed E-state index contributed by atoms with van der Waals surface area (Å²) in [5.41, 5.74) is 7.04. The molecule has 0 atom stereocenters. The molecule has 7 nitrogen and oxygen atoms in total. The summed E-state index contributed by atoms with van der Waals surface area (Å²) < 4.78 is 7.46. The van der Waals surface area contributed by atoms with Crippen LogP contribution in [0.25, 0.3) is 27.8 Å². The Morgan fingerprint density at radius 3 is 2.85 bits per heavy atom. The average molecular weight is 435 g/mol. The monoisotopic (exact) mass is 435 g/mol. The highest BCUT2D eigenvalue weighted by Crippen LogP contribution is 2.36. The van der Waals surface area contributed by atoms with Gasteiger partial charge in [0.25, 0.3) is 0 Å². The van der Waals surface area contributed by atoms with Gasteiger partial charge >= 0.3 is 5.97 Å². The number of carbonyl (C=O) groups excluding carboxylic acids is 1. The highest BCUT2D eigenvalue weighted by atomic mass is 16.5. The number of carbonyl (C=O) groups is 1. The van der Waals surface area contributed by atoms with Crippen LogP contribution in [0.5, 0.6) is 0 Å². The molecule has 1 N–H and O–H groups in total. The molecular formula is C26H21N5O2. The first-order valence-electron chi connectivity index (χ1n) is 11.0. The van der Waals surface area contributed by atoms with Gasteiger partial charge in [0.2, 0.25) is 0 Å². The van der Waals surface area contributed by atoms with Gasteiger partial charge in [-0.2, -0.15) is 0 Å². The molecule has 1 aliphatic heterocycles. The Morgan fingerprint density at radius 1 is 1.09 bits per heavy atom. The fourth-order valence-corrected chi connectivity index (χ4v) is 4.66. The number of hydrogen-bond donors (Lipinski definition) is 1. The smallest absolute Gasteiger partial charge is 0.357 e. The molecule has 0 unspecified atom stereocenters. The van der Waals surface area contributed by atoms with Crippen molar-refractivity contribution in [1.82, 2.24) is 24.5 Å². The first-order valence-corrected chi connectivity index (χ1v) is 11.0.